The molecule has 5 rings (SSSR count). The third-order valence-corrected chi connectivity index (χ3v) is 7.88. The summed E-state index contributed by atoms with van der Waals surface area (Å²) >= 11 is 12.1. The second-order valence-electron chi connectivity index (χ2n) is 10.3. The molecule has 1 aliphatic rings. The van der Waals surface area contributed by atoms with Gasteiger partial charge in [0, 0.05) is 30.1 Å². The first-order chi connectivity index (χ1) is 20.8. The van der Waals surface area contributed by atoms with E-state index in [1.165, 1.54) is 11.0 Å². The van der Waals surface area contributed by atoms with Gasteiger partial charge in [-0.25, -0.2) is 4.79 Å². The lowest BCUT2D eigenvalue weighted by Gasteiger charge is -2.23. The molecular formula is C32H30Cl2N4O5. The summed E-state index contributed by atoms with van der Waals surface area (Å²) in [4.78, 5) is 51.2. The molecule has 1 aliphatic heterocycles. The fourth-order valence-corrected chi connectivity index (χ4v) is 5.19. The summed E-state index contributed by atoms with van der Waals surface area (Å²) in [5, 5.41) is 8.78. The third kappa shape index (κ3) is 7.42. The molecule has 11 heteroatoms. The number of unbranched alkanes of at least 4 members (excludes halogenated alkanes) is 2. The Kier molecular flexibility index (Phi) is 9.74. The van der Waals surface area contributed by atoms with Crippen LogP contribution >= 0.6 is 23.2 Å². The fraction of sp³-hybridized carbons (Fsp3) is 0.281. The van der Waals surface area contributed by atoms with E-state index in [0.717, 1.165) is 35.7 Å². The molecule has 1 fully saturated rings. The van der Waals surface area contributed by atoms with Crippen LogP contribution in [-0.4, -0.2) is 40.0 Å². The van der Waals surface area contributed by atoms with Crippen molar-refractivity contribution in [1.82, 2.24) is 9.88 Å². The predicted molar refractivity (Wildman–Crippen MR) is 167 cm³/mol. The van der Waals surface area contributed by atoms with Crippen LogP contribution in [0.1, 0.15) is 54.3 Å². The molecule has 2 aromatic heterocycles. The molecule has 0 aliphatic carbocycles. The Bertz CT molecular complexity index is 1740. The normalized spacial score (nSPS) is 15.7. The van der Waals surface area contributed by atoms with Crippen LogP contribution < -0.4 is 10.9 Å². The number of anilines is 1. The number of hydrogen-bond donors (Lipinski definition) is 1. The minimum absolute atomic E-state index is 0.00236. The first-order valence-corrected chi connectivity index (χ1v) is 14.8. The zero-order valence-corrected chi connectivity index (χ0v) is 25.0. The lowest BCUT2D eigenvalue weighted by molar-refractivity contribution is -0.119. The van der Waals surface area contributed by atoms with Gasteiger partial charge in [-0.1, -0.05) is 60.3 Å². The summed E-state index contributed by atoms with van der Waals surface area (Å²) in [5.74, 6) is -0.521. The highest BCUT2D eigenvalue weighted by atomic mass is 35.5. The number of halogens is 2. The Morgan fingerprint density at radius 2 is 1.95 bits per heavy atom. The van der Waals surface area contributed by atoms with Crippen LogP contribution in [0, 0.1) is 0 Å². The number of fused-ring (bicyclic) bond motifs is 1. The molecule has 2 amide bonds. The van der Waals surface area contributed by atoms with E-state index >= 15 is 0 Å². The number of rotatable bonds is 10. The van der Waals surface area contributed by atoms with E-state index in [1.54, 1.807) is 42.6 Å². The number of nitrogens with zero attached hydrogens (tertiary/aromatic N) is 3. The van der Waals surface area contributed by atoms with Crippen LogP contribution in [0.25, 0.3) is 10.9 Å². The summed E-state index contributed by atoms with van der Waals surface area (Å²) in [6.45, 7) is 2.20. The smallest absolute Gasteiger partial charge is 0.348 e. The number of aromatic nitrogens is 1. The standard InChI is InChI=1S/C32H30Cl2N4O5/c1-2-3-4-7-24-10-11-25(32(41)43-24)31(40)38-18-23(37-42-19-20-8-12-26(33)27(34)15-20)17-29(38)30(39)36-22-9-13-28-21(16-22)6-5-14-35-28/h5-6,8-16,29H,2-4,7,17-19H2,1H3,(H,36,39)/t29-/m0/s1. The average molecular weight is 622 g/mol. The molecule has 0 unspecified atom stereocenters. The van der Waals surface area contributed by atoms with Crippen LogP contribution in [0.2, 0.25) is 10.0 Å². The minimum atomic E-state index is -0.937. The van der Waals surface area contributed by atoms with Gasteiger partial charge >= 0.3 is 5.63 Å². The second kappa shape index (κ2) is 13.8. The maximum atomic E-state index is 13.6. The van der Waals surface area contributed by atoms with Crippen molar-refractivity contribution in [3.05, 3.63) is 104 Å². The Hall–Kier alpha value is -4.21. The van der Waals surface area contributed by atoms with Gasteiger partial charge in [0.1, 0.15) is 24.0 Å². The lowest BCUT2D eigenvalue weighted by Crippen LogP contribution is -2.44. The van der Waals surface area contributed by atoms with Gasteiger partial charge < -0.3 is 19.5 Å². The lowest BCUT2D eigenvalue weighted by atomic mass is 10.1. The van der Waals surface area contributed by atoms with Gasteiger partial charge in [-0.05, 0) is 60.5 Å². The molecule has 4 aromatic rings. The molecule has 1 N–H and O–H groups in total. The zero-order chi connectivity index (χ0) is 30.3. The molecular weight excluding hydrogens is 591 g/mol. The number of likely N-dealkylation sites (tertiary alicyclic amines) is 1. The van der Waals surface area contributed by atoms with Crippen LogP contribution in [-0.2, 0) is 22.7 Å². The number of oxime groups is 1. The Labute approximate surface area is 258 Å². The van der Waals surface area contributed by atoms with Crippen molar-refractivity contribution in [3.63, 3.8) is 0 Å². The minimum Gasteiger partial charge on any atom is -0.427 e. The van der Waals surface area contributed by atoms with Crippen LogP contribution in [0.3, 0.4) is 0 Å². The molecule has 1 saturated heterocycles. The predicted octanol–water partition coefficient (Wildman–Crippen LogP) is 6.65. The molecule has 222 valence electrons. The molecule has 43 heavy (non-hydrogen) atoms. The molecule has 1 atom stereocenters. The molecule has 0 radical (unpaired) electrons. The summed E-state index contributed by atoms with van der Waals surface area (Å²) in [6.07, 6.45) is 5.36. The topological polar surface area (TPSA) is 114 Å². The Morgan fingerprint density at radius 1 is 1.09 bits per heavy atom. The van der Waals surface area contributed by atoms with E-state index in [4.69, 9.17) is 32.5 Å². The summed E-state index contributed by atoms with van der Waals surface area (Å²) in [7, 11) is 0. The Balaban J connectivity index is 1.36. The van der Waals surface area contributed by atoms with Crippen LogP contribution in [0.5, 0.6) is 0 Å². The van der Waals surface area contributed by atoms with Gasteiger partial charge in [0.05, 0.1) is 27.8 Å². The molecule has 3 heterocycles. The number of carbonyl (C=O) groups is 2. The SMILES string of the molecule is CCCCCc1ccc(C(=O)N2CC(=NOCc3ccc(Cl)c(Cl)c3)C[C@H]2C(=O)Nc2ccc3ncccc3c2)c(=O)o1. The van der Waals surface area contributed by atoms with Gasteiger partial charge in [0.2, 0.25) is 5.91 Å². The molecule has 9 nitrogen and oxygen atoms in total. The first kappa shape index (κ1) is 30.3. The molecule has 0 bridgehead atoms. The van der Waals surface area contributed by atoms with Gasteiger partial charge in [-0.3, -0.25) is 14.6 Å². The van der Waals surface area contributed by atoms with E-state index in [0.29, 0.717) is 33.6 Å². The third-order valence-electron chi connectivity index (χ3n) is 7.14. The second-order valence-corrected chi connectivity index (χ2v) is 11.1. The van der Waals surface area contributed by atoms with E-state index in [-0.39, 0.29) is 25.1 Å². The quantitative estimate of drug-likeness (QED) is 0.157. The summed E-state index contributed by atoms with van der Waals surface area (Å²) < 4.78 is 5.44. The average Bonchev–Trinajstić information content (AvgIpc) is 3.43. The van der Waals surface area contributed by atoms with Crippen molar-refractivity contribution in [2.75, 3.05) is 11.9 Å². The van der Waals surface area contributed by atoms with E-state index in [1.807, 2.05) is 18.2 Å². The number of aryl methyl sites for hydroxylation is 1. The first-order valence-electron chi connectivity index (χ1n) is 14.0. The van der Waals surface area contributed by atoms with E-state index in [2.05, 4.69) is 22.4 Å². The van der Waals surface area contributed by atoms with E-state index < -0.39 is 23.5 Å². The number of carbonyl (C=O) groups excluding carboxylic acids is 2. The fourth-order valence-electron chi connectivity index (χ4n) is 4.87. The highest BCUT2D eigenvalue weighted by Crippen LogP contribution is 2.25. The number of hydrogen-bond acceptors (Lipinski definition) is 7. The highest BCUT2D eigenvalue weighted by molar-refractivity contribution is 6.42. The monoisotopic (exact) mass is 620 g/mol. The van der Waals surface area contributed by atoms with Crippen molar-refractivity contribution < 1.29 is 18.8 Å². The van der Waals surface area contributed by atoms with Crippen LogP contribution in [0.4, 0.5) is 5.69 Å². The largest absolute Gasteiger partial charge is 0.427 e. The van der Waals surface area contributed by atoms with Crippen molar-refractivity contribution in [3.8, 4) is 0 Å². The van der Waals surface area contributed by atoms with Crippen molar-refractivity contribution in [1.29, 1.82) is 0 Å². The molecule has 0 spiro atoms. The van der Waals surface area contributed by atoms with Gasteiger partial charge in [-0.15, -0.1) is 0 Å². The van der Waals surface area contributed by atoms with E-state index in [9.17, 15) is 14.4 Å². The van der Waals surface area contributed by atoms with Gasteiger partial charge in [0.15, 0.2) is 0 Å². The van der Waals surface area contributed by atoms with Gasteiger partial charge in [0.25, 0.3) is 5.91 Å². The highest BCUT2D eigenvalue weighted by Gasteiger charge is 2.39. The molecule has 2 aromatic carbocycles. The number of benzene rings is 2. The molecule has 0 saturated carbocycles. The summed E-state index contributed by atoms with van der Waals surface area (Å²) in [6, 6.07) is 16.3. The Morgan fingerprint density at radius 3 is 2.74 bits per heavy atom. The van der Waals surface area contributed by atoms with Crippen LogP contribution in [0.15, 0.2) is 81.2 Å². The number of amides is 2. The summed E-state index contributed by atoms with van der Waals surface area (Å²) in [5.41, 5.74) is 1.68. The van der Waals surface area contributed by atoms with Crippen molar-refractivity contribution in [2.24, 2.45) is 5.16 Å². The van der Waals surface area contributed by atoms with Gasteiger partial charge in [-0.2, -0.15) is 0 Å². The van der Waals surface area contributed by atoms with Crippen molar-refractivity contribution in [2.45, 2.75) is 51.7 Å². The maximum Gasteiger partial charge on any atom is 0.348 e. The zero-order valence-electron chi connectivity index (χ0n) is 23.5. The number of pyridine rings is 1. The maximum absolute atomic E-state index is 13.6. The number of nitrogens with one attached hydrogen (secondary N) is 1. The van der Waals surface area contributed by atoms with Crippen molar-refractivity contribution >= 4 is 57.3 Å².